The molecule has 5 rings (SSSR count). The summed E-state index contributed by atoms with van der Waals surface area (Å²) in [4.78, 5) is 12.5. The third-order valence-electron chi connectivity index (χ3n) is 6.53. The first-order chi connectivity index (χ1) is 10.3. The van der Waals surface area contributed by atoms with Crippen LogP contribution in [-0.4, -0.2) is 24.8 Å². The fraction of sp³-hybridized carbons (Fsp3) is 0.722. The first kappa shape index (κ1) is 12.6. The first-order valence-corrected chi connectivity index (χ1v) is 8.49. The van der Waals surface area contributed by atoms with Crippen molar-refractivity contribution in [3.63, 3.8) is 0 Å². The van der Waals surface area contributed by atoms with Crippen LogP contribution in [0.2, 0.25) is 0 Å². The molecule has 1 heterocycles. The van der Waals surface area contributed by atoms with E-state index in [1.165, 1.54) is 17.6 Å². The quantitative estimate of drug-likeness (QED) is 0.686. The van der Waals surface area contributed by atoms with Gasteiger partial charge in [-0.15, -0.1) is 0 Å². The van der Waals surface area contributed by atoms with E-state index in [1.54, 1.807) is 0 Å². The zero-order valence-corrected chi connectivity index (χ0v) is 12.3. The van der Waals surface area contributed by atoms with E-state index in [-0.39, 0.29) is 5.92 Å². The van der Waals surface area contributed by atoms with Gasteiger partial charge in [-0.2, -0.15) is 0 Å². The molecule has 0 spiro atoms. The Morgan fingerprint density at radius 1 is 1.05 bits per heavy atom. The smallest absolute Gasteiger partial charge is 0.147 e. The minimum atomic E-state index is 0.210. The van der Waals surface area contributed by atoms with E-state index < -0.39 is 0 Å². The average Bonchev–Trinajstić information content (AvgIpc) is 3.07. The number of ether oxygens (including phenoxy) is 2. The third kappa shape index (κ3) is 1.71. The van der Waals surface area contributed by atoms with Crippen molar-refractivity contribution in [2.45, 2.75) is 50.7 Å². The van der Waals surface area contributed by atoms with Crippen LogP contribution in [0.1, 0.15) is 38.5 Å². The zero-order valence-electron chi connectivity index (χ0n) is 12.3. The van der Waals surface area contributed by atoms with Crippen LogP contribution in [0.5, 0.6) is 0 Å². The Hall–Kier alpha value is -0.930. The van der Waals surface area contributed by atoms with Crippen LogP contribution in [-0.2, 0) is 14.3 Å². The summed E-state index contributed by atoms with van der Waals surface area (Å²) >= 11 is 0. The monoisotopic (exact) mass is 286 g/mol. The van der Waals surface area contributed by atoms with Crippen LogP contribution >= 0.6 is 0 Å². The molecule has 0 N–H and O–H groups in total. The molecule has 0 radical (unpaired) electrons. The summed E-state index contributed by atoms with van der Waals surface area (Å²) in [5.41, 5.74) is 2.95. The maximum atomic E-state index is 12.5. The van der Waals surface area contributed by atoms with E-state index in [4.69, 9.17) is 9.47 Å². The molecule has 21 heavy (non-hydrogen) atoms. The predicted molar refractivity (Wildman–Crippen MR) is 77.4 cm³/mol. The highest BCUT2D eigenvalue weighted by molar-refractivity contribution is 5.86. The molecule has 6 atom stereocenters. The van der Waals surface area contributed by atoms with Crippen molar-refractivity contribution in [2.24, 2.45) is 23.7 Å². The molecular weight excluding hydrogens is 264 g/mol. The summed E-state index contributed by atoms with van der Waals surface area (Å²) in [6, 6.07) is 0. The Labute approximate surface area is 125 Å². The van der Waals surface area contributed by atoms with Gasteiger partial charge >= 0.3 is 0 Å². The maximum Gasteiger partial charge on any atom is 0.147 e. The van der Waals surface area contributed by atoms with Crippen molar-refractivity contribution in [2.75, 3.05) is 6.79 Å². The van der Waals surface area contributed by atoms with Gasteiger partial charge in [-0.1, -0.05) is 23.3 Å². The van der Waals surface area contributed by atoms with Gasteiger partial charge in [0.2, 0.25) is 0 Å². The minimum absolute atomic E-state index is 0.210. The van der Waals surface area contributed by atoms with E-state index in [2.05, 4.69) is 12.2 Å². The van der Waals surface area contributed by atoms with Crippen LogP contribution in [0, 0.1) is 23.7 Å². The van der Waals surface area contributed by atoms with Gasteiger partial charge in [0, 0.05) is 12.3 Å². The largest absolute Gasteiger partial charge is 0.349 e. The summed E-state index contributed by atoms with van der Waals surface area (Å²) in [7, 11) is 0. The second-order valence-electron chi connectivity index (χ2n) is 7.35. The molecule has 3 saturated carbocycles. The molecule has 3 nitrogen and oxygen atoms in total. The van der Waals surface area contributed by atoms with E-state index in [0.29, 0.717) is 42.5 Å². The molecular formula is C18H22O3. The summed E-state index contributed by atoms with van der Waals surface area (Å²) in [6.07, 6.45) is 11.7. The van der Waals surface area contributed by atoms with Gasteiger partial charge in [0.25, 0.3) is 0 Å². The topological polar surface area (TPSA) is 35.5 Å². The van der Waals surface area contributed by atoms with Crippen LogP contribution in [0.15, 0.2) is 23.3 Å². The lowest BCUT2D eigenvalue weighted by Crippen LogP contribution is -2.39. The fourth-order valence-corrected chi connectivity index (χ4v) is 5.69. The second kappa shape index (κ2) is 4.53. The normalized spacial score (nSPS) is 47.9. The molecule has 0 aromatic rings. The Bertz CT molecular complexity index is 547. The zero-order chi connectivity index (χ0) is 14.0. The van der Waals surface area contributed by atoms with Crippen molar-refractivity contribution < 1.29 is 14.3 Å². The van der Waals surface area contributed by atoms with E-state index in [9.17, 15) is 4.79 Å². The Kier molecular flexibility index (Phi) is 2.72. The number of ketones is 1. The Morgan fingerprint density at radius 2 is 2.00 bits per heavy atom. The van der Waals surface area contributed by atoms with Gasteiger partial charge in [0.05, 0.1) is 12.2 Å². The van der Waals surface area contributed by atoms with Gasteiger partial charge in [-0.05, 0) is 49.9 Å². The SMILES string of the molecule is O=C1CCCC2=CC=C3C(CCC4C3CC3OCOC34)C12. The number of fused-ring (bicyclic) bond motifs is 7. The third-order valence-corrected chi connectivity index (χ3v) is 6.53. The van der Waals surface area contributed by atoms with Crippen molar-refractivity contribution in [1.82, 2.24) is 0 Å². The maximum absolute atomic E-state index is 12.5. The average molecular weight is 286 g/mol. The first-order valence-electron chi connectivity index (χ1n) is 8.49. The highest BCUT2D eigenvalue weighted by atomic mass is 16.7. The van der Waals surface area contributed by atoms with Crippen LogP contribution in [0.25, 0.3) is 0 Å². The lowest BCUT2D eigenvalue weighted by molar-refractivity contribution is -0.124. The second-order valence-corrected chi connectivity index (χ2v) is 7.35. The van der Waals surface area contributed by atoms with Crippen molar-refractivity contribution in [1.29, 1.82) is 0 Å². The highest BCUT2D eigenvalue weighted by Gasteiger charge is 2.53. The summed E-state index contributed by atoms with van der Waals surface area (Å²) in [5, 5.41) is 0. The number of hydrogen-bond acceptors (Lipinski definition) is 3. The molecule has 1 aliphatic heterocycles. The van der Waals surface area contributed by atoms with Gasteiger partial charge in [0.15, 0.2) is 0 Å². The van der Waals surface area contributed by atoms with Crippen LogP contribution in [0.4, 0.5) is 0 Å². The Balaban J connectivity index is 1.50. The summed E-state index contributed by atoms with van der Waals surface area (Å²) in [5.74, 6) is 2.40. The standard InChI is InChI=1S/C18H22O3/c19-15-3-1-2-10-4-5-11-12(17(10)15)6-7-13-14(11)8-16-18(13)21-9-20-16/h4-5,12-14,16-18H,1-3,6-9H2. The molecule has 4 fully saturated rings. The lowest BCUT2D eigenvalue weighted by atomic mass is 9.61. The molecule has 3 heteroatoms. The van der Waals surface area contributed by atoms with Crippen LogP contribution in [0.3, 0.4) is 0 Å². The number of carbonyl (C=O) groups excluding carboxylic acids is 1. The predicted octanol–water partition coefficient (Wildman–Crippen LogP) is 3.01. The Morgan fingerprint density at radius 3 is 2.95 bits per heavy atom. The van der Waals surface area contributed by atoms with E-state index in [1.807, 2.05) is 0 Å². The minimum Gasteiger partial charge on any atom is -0.349 e. The number of rotatable bonds is 0. The molecule has 0 bridgehead atoms. The van der Waals surface area contributed by atoms with Gasteiger partial charge in [-0.3, -0.25) is 4.79 Å². The lowest BCUT2D eigenvalue weighted by Gasteiger charge is -2.43. The van der Waals surface area contributed by atoms with Crippen molar-refractivity contribution in [3.05, 3.63) is 23.3 Å². The molecule has 1 saturated heterocycles. The molecule has 6 unspecified atom stereocenters. The molecule has 0 aromatic heterocycles. The van der Waals surface area contributed by atoms with E-state index >= 15 is 0 Å². The highest BCUT2D eigenvalue weighted by Crippen LogP contribution is 2.55. The van der Waals surface area contributed by atoms with E-state index in [0.717, 1.165) is 32.1 Å². The van der Waals surface area contributed by atoms with Crippen LogP contribution < -0.4 is 0 Å². The van der Waals surface area contributed by atoms with Crippen molar-refractivity contribution in [3.8, 4) is 0 Å². The summed E-state index contributed by atoms with van der Waals surface area (Å²) < 4.78 is 11.6. The number of Topliss-reactive ketones (excluding diaryl/α,β-unsaturated/α-hetero) is 1. The molecule has 112 valence electrons. The number of carbonyl (C=O) groups is 1. The van der Waals surface area contributed by atoms with Gasteiger partial charge < -0.3 is 9.47 Å². The molecule has 0 amide bonds. The number of hydrogen-bond donors (Lipinski definition) is 0. The molecule has 5 aliphatic rings. The number of allylic oxidation sites excluding steroid dienone is 4. The van der Waals surface area contributed by atoms with Gasteiger partial charge in [0.1, 0.15) is 12.6 Å². The molecule has 0 aromatic carbocycles. The molecule has 4 aliphatic carbocycles. The van der Waals surface area contributed by atoms with Crippen molar-refractivity contribution >= 4 is 5.78 Å². The summed E-state index contributed by atoms with van der Waals surface area (Å²) in [6.45, 7) is 0.478. The van der Waals surface area contributed by atoms with Gasteiger partial charge in [-0.25, -0.2) is 0 Å². The fourth-order valence-electron chi connectivity index (χ4n) is 5.69.